The minimum absolute atomic E-state index is 0.0743. The lowest BCUT2D eigenvalue weighted by Crippen LogP contribution is -2.16. The molecule has 1 unspecified atom stereocenters. The van der Waals surface area contributed by atoms with Gasteiger partial charge in [-0.3, -0.25) is 0 Å². The van der Waals surface area contributed by atoms with Crippen LogP contribution in [0.25, 0.3) is 0 Å². The van der Waals surface area contributed by atoms with Gasteiger partial charge in [-0.15, -0.1) is 0 Å². The number of halogens is 1. The molecular formula is C13H15FO4. The summed E-state index contributed by atoms with van der Waals surface area (Å²) in [5.74, 6) is -0.562. The van der Waals surface area contributed by atoms with E-state index >= 15 is 0 Å². The summed E-state index contributed by atoms with van der Waals surface area (Å²) in [4.78, 5) is 11.5. The monoisotopic (exact) mass is 254 g/mol. The molecule has 1 aromatic carbocycles. The third-order valence-corrected chi connectivity index (χ3v) is 2.26. The lowest BCUT2D eigenvalue weighted by atomic mass is 10.1. The lowest BCUT2D eigenvalue weighted by Gasteiger charge is -2.10. The van der Waals surface area contributed by atoms with Gasteiger partial charge < -0.3 is 14.9 Å². The summed E-state index contributed by atoms with van der Waals surface area (Å²) in [6.45, 7) is -0.717. The van der Waals surface area contributed by atoms with Crippen LogP contribution in [0.3, 0.4) is 0 Å². The maximum atomic E-state index is 12.5. The van der Waals surface area contributed by atoms with E-state index in [1.807, 2.05) is 0 Å². The van der Waals surface area contributed by atoms with E-state index in [9.17, 15) is 9.18 Å². The predicted octanol–water partition coefficient (Wildman–Crippen LogP) is 1.44. The van der Waals surface area contributed by atoms with Crippen molar-refractivity contribution in [2.24, 2.45) is 0 Å². The van der Waals surface area contributed by atoms with E-state index in [-0.39, 0.29) is 24.9 Å². The van der Waals surface area contributed by atoms with E-state index in [2.05, 4.69) is 0 Å². The van der Waals surface area contributed by atoms with Crippen molar-refractivity contribution in [1.82, 2.24) is 0 Å². The van der Waals surface area contributed by atoms with Crippen molar-refractivity contribution < 1.29 is 24.1 Å². The van der Waals surface area contributed by atoms with E-state index in [1.165, 1.54) is 0 Å². The second kappa shape index (κ2) is 7.58. The summed E-state index contributed by atoms with van der Waals surface area (Å²) in [6, 6.07) is 8.32. The molecule has 1 aromatic rings. The Morgan fingerprint density at radius 3 is 2.61 bits per heavy atom. The number of esters is 1. The Hall–Kier alpha value is -1.72. The number of rotatable bonds is 6. The molecule has 0 amide bonds. The summed E-state index contributed by atoms with van der Waals surface area (Å²) < 4.78 is 17.3. The molecule has 0 bridgehead atoms. The normalized spacial score (nSPS) is 13.2. The first kappa shape index (κ1) is 14.3. The fraction of sp³-hybridized carbons (Fsp3) is 0.308. The Labute approximate surface area is 104 Å². The average Bonchev–Trinajstić information content (AvgIpc) is 2.43. The second-order valence-electron chi connectivity index (χ2n) is 3.75. The first-order chi connectivity index (χ1) is 8.67. The molecule has 2 N–H and O–H groups in total. The van der Waals surface area contributed by atoms with Gasteiger partial charge in [-0.05, 0) is 17.7 Å². The number of carbonyl (C=O) groups is 1. The van der Waals surface area contributed by atoms with E-state index in [0.29, 0.717) is 5.56 Å². The fourth-order valence-corrected chi connectivity index (χ4v) is 1.32. The van der Waals surface area contributed by atoms with Gasteiger partial charge in [0.25, 0.3) is 0 Å². The summed E-state index contributed by atoms with van der Waals surface area (Å²) in [5, 5.41) is 17.8. The molecule has 1 rings (SSSR count). The van der Waals surface area contributed by atoms with Gasteiger partial charge in [-0.1, -0.05) is 18.2 Å². The minimum atomic E-state index is -1.05. The molecule has 0 aromatic heterocycles. The van der Waals surface area contributed by atoms with Gasteiger partial charge in [-0.2, -0.15) is 0 Å². The molecule has 18 heavy (non-hydrogen) atoms. The molecule has 0 saturated heterocycles. The number of aliphatic hydroxyl groups excluding tert-OH is 2. The van der Waals surface area contributed by atoms with Gasteiger partial charge in [0.05, 0.1) is 24.6 Å². The van der Waals surface area contributed by atoms with Crippen molar-refractivity contribution in [2.75, 3.05) is 13.2 Å². The molecule has 0 heterocycles. The van der Waals surface area contributed by atoms with Crippen LogP contribution in [0.4, 0.5) is 4.39 Å². The number of hydrogen-bond acceptors (Lipinski definition) is 4. The zero-order chi connectivity index (χ0) is 13.4. The zero-order valence-corrected chi connectivity index (χ0v) is 9.75. The highest BCUT2D eigenvalue weighted by molar-refractivity contribution is 5.89. The van der Waals surface area contributed by atoms with Gasteiger partial charge >= 0.3 is 5.97 Å². The van der Waals surface area contributed by atoms with Crippen LogP contribution in [0, 0.1) is 0 Å². The van der Waals surface area contributed by atoms with Crippen LogP contribution >= 0.6 is 0 Å². The Kier molecular flexibility index (Phi) is 6.04. The van der Waals surface area contributed by atoms with Crippen LogP contribution in [0.15, 0.2) is 42.2 Å². The van der Waals surface area contributed by atoms with Crippen LogP contribution < -0.4 is 0 Å². The van der Waals surface area contributed by atoms with Crippen molar-refractivity contribution in [3.05, 3.63) is 47.8 Å². The third kappa shape index (κ3) is 4.65. The Balaban J connectivity index is 2.47. The second-order valence-corrected chi connectivity index (χ2v) is 3.75. The molecule has 0 spiro atoms. The van der Waals surface area contributed by atoms with Crippen molar-refractivity contribution in [3.63, 3.8) is 0 Å². The third-order valence-electron chi connectivity index (χ3n) is 2.26. The molecule has 5 heteroatoms. The SMILES string of the molecule is O=C(OC/C(=C\F)CC(O)CO)c1ccccc1. The van der Waals surface area contributed by atoms with Crippen molar-refractivity contribution in [1.29, 1.82) is 0 Å². The van der Waals surface area contributed by atoms with Gasteiger partial charge in [0.2, 0.25) is 0 Å². The molecule has 0 saturated carbocycles. The highest BCUT2D eigenvalue weighted by Gasteiger charge is 2.11. The molecule has 0 aliphatic rings. The summed E-state index contributed by atoms with van der Waals surface area (Å²) in [5.41, 5.74) is 0.485. The molecule has 0 aliphatic heterocycles. The summed E-state index contributed by atoms with van der Waals surface area (Å²) in [7, 11) is 0. The van der Waals surface area contributed by atoms with Crippen molar-refractivity contribution in [2.45, 2.75) is 12.5 Å². The fourth-order valence-electron chi connectivity index (χ4n) is 1.32. The molecule has 4 nitrogen and oxygen atoms in total. The Bertz CT molecular complexity index is 403. The van der Waals surface area contributed by atoms with Crippen molar-refractivity contribution >= 4 is 5.97 Å². The van der Waals surface area contributed by atoms with E-state index in [1.54, 1.807) is 30.3 Å². The number of carbonyl (C=O) groups excluding carboxylic acids is 1. The summed E-state index contributed by atoms with van der Waals surface area (Å²) in [6.07, 6.45) is -0.853. The van der Waals surface area contributed by atoms with Crippen molar-refractivity contribution in [3.8, 4) is 0 Å². The highest BCUT2D eigenvalue weighted by atomic mass is 19.1. The number of benzene rings is 1. The first-order valence-electron chi connectivity index (χ1n) is 5.46. The first-order valence-corrected chi connectivity index (χ1v) is 5.46. The van der Waals surface area contributed by atoms with Crippen LogP contribution in [-0.2, 0) is 4.74 Å². The average molecular weight is 254 g/mol. The van der Waals surface area contributed by atoms with Gasteiger partial charge in [-0.25, -0.2) is 9.18 Å². The molecule has 0 radical (unpaired) electrons. The Morgan fingerprint density at radius 2 is 2.06 bits per heavy atom. The van der Waals surface area contributed by atoms with E-state index < -0.39 is 18.7 Å². The smallest absolute Gasteiger partial charge is 0.338 e. The lowest BCUT2D eigenvalue weighted by molar-refractivity contribution is 0.0515. The quantitative estimate of drug-likeness (QED) is 0.754. The van der Waals surface area contributed by atoms with Gasteiger partial charge in [0, 0.05) is 6.42 Å². The molecule has 1 atom stereocenters. The number of hydrogen-bond donors (Lipinski definition) is 2. The van der Waals surface area contributed by atoms with Gasteiger partial charge in [0.15, 0.2) is 0 Å². The number of ether oxygens (including phenoxy) is 1. The number of aliphatic hydroxyl groups is 2. The topological polar surface area (TPSA) is 66.8 Å². The van der Waals surface area contributed by atoms with E-state index in [0.717, 1.165) is 0 Å². The summed E-state index contributed by atoms with van der Waals surface area (Å²) >= 11 is 0. The van der Waals surface area contributed by atoms with Crippen LogP contribution in [0.1, 0.15) is 16.8 Å². The predicted molar refractivity (Wildman–Crippen MR) is 63.6 cm³/mol. The minimum Gasteiger partial charge on any atom is -0.457 e. The molecular weight excluding hydrogens is 239 g/mol. The Morgan fingerprint density at radius 1 is 1.39 bits per heavy atom. The van der Waals surface area contributed by atoms with E-state index in [4.69, 9.17) is 14.9 Å². The molecule has 98 valence electrons. The van der Waals surface area contributed by atoms with Crippen LogP contribution in [0.2, 0.25) is 0 Å². The largest absolute Gasteiger partial charge is 0.457 e. The standard InChI is InChI=1S/C13H15FO4/c14-7-10(6-12(16)8-15)9-18-13(17)11-4-2-1-3-5-11/h1-5,7,12,15-16H,6,8-9H2/b10-7-. The maximum absolute atomic E-state index is 12.5. The van der Waals surface area contributed by atoms with Crippen LogP contribution in [0.5, 0.6) is 0 Å². The maximum Gasteiger partial charge on any atom is 0.338 e. The zero-order valence-electron chi connectivity index (χ0n) is 9.75. The molecule has 0 fully saturated rings. The van der Waals surface area contributed by atoms with Gasteiger partial charge in [0.1, 0.15) is 6.61 Å². The molecule has 0 aliphatic carbocycles. The van der Waals surface area contributed by atoms with Crippen LogP contribution in [-0.4, -0.2) is 35.5 Å². The highest BCUT2D eigenvalue weighted by Crippen LogP contribution is 2.09.